The van der Waals surface area contributed by atoms with Crippen LogP contribution in [0, 0.1) is 24.0 Å². The topological polar surface area (TPSA) is 35.0 Å². The van der Waals surface area contributed by atoms with Gasteiger partial charge in [0.15, 0.2) is 17.4 Å². The SMILES string of the molecule is C#Cc1cnc(-c2ccc(OCCCCC)c(F)c2F)nc1. The van der Waals surface area contributed by atoms with Crippen molar-refractivity contribution in [3.63, 3.8) is 0 Å². The lowest BCUT2D eigenvalue weighted by molar-refractivity contribution is 0.286. The van der Waals surface area contributed by atoms with Gasteiger partial charge in [0.2, 0.25) is 5.82 Å². The molecule has 0 amide bonds. The van der Waals surface area contributed by atoms with E-state index in [2.05, 4.69) is 22.8 Å². The van der Waals surface area contributed by atoms with Gasteiger partial charge >= 0.3 is 0 Å². The van der Waals surface area contributed by atoms with E-state index in [0.717, 1.165) is 19.3 Å². The Labute approximate surface area is 128 Å². The van der Waals surface area contributed by atoms with Gasteiger partial charge in [-0.2, -0.15) is 4.39 Å². The van der Waals surface area contributed by atoms with Crippen molar-refractivity contribution in [2.24, 2.45) is 0 Å². The summed E-state index contributed by atoms with van der Waals surface area (Å²) in [6, 6.07) is 2.79. The van der Waals surface area contributed by atoms with E-state index in [-0.39, 0.29) is 17.1 Å². The highest BCUT2D eigenvalue weighted by atomic mass is 19.2. The van der Waals surface area contributed by atoms with Crippen LogP contribution in [-0.4, -0.2) is 16.6 Å². The highest BCUT2D eigenvalue weighted by molar-refractivity contribution is 5.58. The Kier molecular flexibility index (Phi) is 5.42. The Morgan fingerprint density at radius 3 is 2.50 bits per heavy atom. The normalized spacial score (nSPS) is 10.3. The number of hydrogen-bond donors (Lipinski definition) is 0. The summed E-state index contributed by atoms with van der Waals surface area (Å²) >= 11 is 0. The quantitative estimate of drug-likeness (QED) is 0.598. The first kappa shape index (κ1) is 15.9. The van der Waals surface area contributed by atoms with E-state index in [1.807, 2.05) is 0 Å². The molecule has 22 heavy (non-hydrogen) atoms. The molecule has 0 bridgehead atoms. The third kappa shape index (κ3) is 3.59. The zero-order valence-corrected chi connectivity index (χ0v) is 12.3. The van der Waals surface area contributed by atoms with Gasteiger partial charge in [0, 0.05) is 12.4 Å². The zero-order chi connectivity index (χ0) is 15.9. The lowest BCUT2D eigenvalue weighted by atomic mass is 10.1. The van der Waals surface area contributed by atoms with E-state index in [1.54, 1.807) is 0 Å². The number of unbranched alkanes of at least 4 members (excludes halogenated alkanes) is 2. The van der Waals surface area contributed by atoms with Gasteiger partial charge in [-0.15, -0.1) is 6.42 Å². The lowest BCUT2D eigenvalue weighted by Gasteiger charge is -2.09. The Morgan fingerprint density at radius 1 is 1.14 bits per heavy atom. The van der Waals surface area contributed by atoms with Crippen molar-refractivity contribution in [1.29, 1.82) is 0 Å². The molecule has 1 heterocycles. The summed E-state index contributed by atoms with van der Waals surface area (Å²) in [5.74, 6) is 0.283. The predicted molar refractivity (Wildman–Crippen MR) is 80.3 cm³/mol. The van der Waals surface area contributed by atoms with E-state index >= 15 is 0 Å². The molecule has 1 aromatic heterocycles. The molecule has 0 aliphatic carbocycles. The first-order valence-corrected chi connectivity index (χ1v) is 7.07. The maximum absolute atomic E-state index is 14.1. The van der Waals surface area contributed by atoms with Gasteiger partial charge < -0.3 is 4.74 Å². The van der Waals surface area contributed by atoms with Gasteiger partial charge in [-0.25, -0.2) is 14.4 Å². The molecular formula is C17H16F2N2O. The average molecular weight is 302 g/mol. The third-order valence-electron chi connectivity index (χ3n) is 3.11. The summed E-state index contributed by atoms with van der Waals surface area (Å²) < 4.78 is 33.4. The Morgan fingerprint density at radius 2 is 1.86 bits per heavy atom. The molecule has 0 spiro atoms. The Bertz CT molecular complexity index is 678. The maximum Gasteiger partial charge on any atom is 0.201 e. The molecule has 5 heteroatoms. The van der Waals surface area contributed by atoms with Crippen molar-refractivity contribution in [2.75, 3.05) is 6.61 Å². The maximum atomic E-state index is 14.1. The van der Waals surface area contributed by atoms with Crippen LogP contribution in [0.5, 0.6) is 5.75 Å². The molecule has 114 valence electrons. The van der Waals surface area contributed by atoms with Crippen LogP contribution >= 0.6 is 0 Å². The first-order valence-electron chi connectivity index (χ1n) is 7.07. The number of hydrogen-bond acceptors (Lipinski definition) is 3. The summed E-state index contributed by atoms with van der Waals surface area (Å²) in [5.41, 5.74) is 0.447. The van der Waals surface area contributed by atoms with Crippen LogP contribution in [0.1, 0.15) is 31.7 Å². The molecule has 0 unspecified atom stereocenters. The molecule has 0 saturated carbocycles. The van der Waals surface area contributed by atoms with Crippen molar-refractivity contribution >= 4 is 0 Å². The number of halogens is 2. The summed E-state index contributed by atoms with van der Waals surface area (Å²) in [5, 5.41) is 0. The highest BCUT2D eigenvalue weighted by Crippen LogP contribution is 2.28. The molecule has 0 N–H and O–H groups in total. The molecule has 0 atom stereocenters. The molecule has 2 rings (SSSR count). The molecular weight excluding hydrogens is 286 g/mol. The van der Waals surface area contributed by atoms with E-state index in [9.17, 15) is 8.78 Å². The van der Waals surface area contributed by atoms with E-state index < -0.39 is 11.6 Å². The third-order valence-corrected chi connectivity index (χ3v) is 3.11. The fraction of sp³-hybridized carbons (Fsp3) is 0.294. The average Bonchev–Trinajstić information content (AvgIpc) is 2.55. The van der Waals surface area contributed by atoms with E-state index in [4.69, 9.17) is 11.2 Å². The van der Waals surface area contributed by atoms with Crippen molar-refractivity contribution in [3.8, 4) is 29.5 Å². The summed E-state index contributed by atoms with van der Waals surface area (Å²) in [7, 11) is 0. The number of benzene rings is 1. The predicted octanol–water partition coefficient (Wildman–Crippen LogP) is 3.97. The van der Waals surface area contributed by atoms with Gasteiger partial charge in [0.25, 0.3) is 0 Å². The molecule has 0 fully saturated rings. The first-order chi connectivity index (χ1) is 10.7. The fourth-order valence-electron chi connectivity index (χ4n) is 1.89. The number of terminal acetylenes is 1. The van der Waals surface area contributed by atoms with Gasteiger partial charge in [0.05, 0.1) is 17.7 Å². The minimum Gasteiger partial charge on any atom is -0.490 e. The minimum absolute atomic E-state index is 0.0259. The molecule has 0 aliphatic heterocycles. The standard InChI is InChI=1S/C17H16F2N2O/c1-3-5-6-9-22-14-8-7-13(15(18)16(14)19)17-20-10-12(4-2)11-21-17/h2,7-8,10-11H,3,5-6,9H2,1H3. The van der Waals surface area contributed by atoms with Crippen LogP contribution in [-0.2, 0) is 0 Å². The Balaban J connectivity index is 2.20. The summed E-state index contributed by atoms with van der Waals surface area (Å²) in [4.78, 5) is 7.87. The number of ether oxygens (including phenoxy) is 1. The van der Waals surface area contributed by atoms with Crippen LogP contribution < -0.4 is 4.74 Å². The number of nitrogens with zero attached hydrogens (tertiary/aromatic N) is 2. The van der Waals surface area contributed by atoms with Gasteiger partial charge in [-0.3, -0.25) is 0 Å². The van der Waals surface area contributed by atoms with Crippen molar-refractivity contribution in [3.05, 3.63) is 41.7 Å². The summed E-state index contributed by atoms with van der Waals surface area (Å²) in [6.45, 7) is 2.41. The second-order valence-corrected chi connectivity index (χ2v) is 4.73. The molecule has 3 nitrogen and oxygen atoms in total. The van der Waals surface area contributed by atoms with Crippen molar-refractivity contribution in [1.82, 2.24) is 9.97 Å². The summed E-state index contributed by atoms with van der Waals surface area (Å²) in [6.07, 6.45) is 10.8. The van der Waals surface area contributed by atoms with E-state index in [1.165, 1.54) is 24.5 Å². The van der Waals surface area contributed by atoms with E-state index in [0.29, 0.717) is 12.2 Å². The molecule has 1 aromatic carbocycles. The lowest BCUT2D eigenvalue weighted by Crippen LogP contribution is -2.02. The molecule has 0 saturated heterocycles. The monoisotopic (exact) mass is 302 g/mol. The number of rotatable bonds is 6. The minimum atomic E-state index is -1.03. The zero-order valence-electron chi connectivity index (χ0n) is 12.3. The largest absolute Gasteiger partial charge is 0.490 e. The highest BCUT2D eigenvalue weighted by Gasteiger charge is 2.17. The molecule has 0 aliphatic rings. The van der Waals surface area contributed by atoms with Gasteiger partial charge in [-0.1, -0.05) is 25.7 Å². The van der Waals surface area contributed by atoms with Crippen LogP contribution in [0.15, 0.2) is 24.5 Å². The number of aromatic nitrogens is 2. The van der Waals surface area contributed by atoms with Crippen LogP contribution in [0.4, 0.5) is 8.78 Å². The smallest absolute Gasteiger partial charge is 0.201 e. The van der Waals surface area contributed by atoms with Gasteiger partial charge in [-0.05, 0) is 18.6 Å². The second-order valence-electron chi connectivity index (χ2n) is 4.73. The molecule has 2 aromatic rings. The van der Waals surface area contributed by atoms with Crippen LogP contribution in [0.2, 0.25) is 0 Å². The fourth-order valence-corrected chi connectivity index (χ4v) is 1.89. The van der Waals surface area contributed by atoms with Crippen molar-refractivity contribution < 1.29 is 13.5 Å². The Hall–Kier alpha value is -2.48. The van der Waals surface area contributed by atoms with Crippen LogP contribution in [0.25, 0.3) is 11.4 Å². The van der Waals surface area contributed by atoms with Crippen LogP contribution in [0.3, 0.4) is 0 Å². The molecule has 0 radical (unpaired) electrons. The van der Waals surface area contributed by atoms with Crippen molar-refractivity contribution in [2.45, 2.75) is 26.2 Å². The second kappa shape index (κ2) is 7.51. The van der Waals surface area contributed by atoms with Gasteiger partial charge in [0.1, 0.15) is 0 Å².